The molecule has 2 aliphatic rings. The number of benzene rings is 2. The number of aryl methyl sites for hydroxylation is 1. The Morgan fingerprint density at radius 3 is 2.34 bits per heavy atom. The van der Waals surface area contributed by atoms with Crippen LogP contribution in [-0.2, 0) is 0 Å². The van der Waals surface area contributed by atoms with Gasteiger partial charge < -0.3 is 24.4 Å². The second-order valence-electron chi connectivity index (χ2n) is 11.4. The summed E-state index contributed by atoms with van der Waals surface area (Å²) in [5.41, 5.74) is 6.27. The minimum atomic E-state index is -0.162. The molecule has 2 aromatic heterocycles. The van der Waals surface area contributed by atoms with Crippen LogP contribution in [0, 0.1) is 18.8 Å². The molecule has 2 fully saturated rings. The number of piperidine rings is 1. The van der Waals surface area contributed by atoms with Gasteiger partial charge in [0, 0.05) is 42.0 Å². The lowest BCUT2D eigenvalue weighted by Crippen LogP contribution is -2.38. The summed E-state index contributed by atoms with van der Waals surface area (Å²) in [5, 5.41) is 4.98. The molecule has 212 valence electrons. The molecule has 4 aromatic rings. The van der Waals surface area contributed by atoms with Crippen LogP contribution in [0.1, 0.15) is 49.4 Å². The van der Waals surface area contributed by atoms with Gasteiger partial charge in [-0.3, -0.25) is 4.98 Å². The molecule has 4 atom stereocenters. The fourth-order valence-corrected chi connectivity index (χ4v) is 7.21. The number of rotatable bonds is 6. The maximum Gasteiger partial charge on any atom is 0.174 e. The van der Waals surface area contributed by atoms with Gasteiger partial charge in [-0.25, -0.2) is 0 Å². The number of aromatic nitrogens is 2. The summed E-state index contributed by atoms with van der Waals surface area (Å²) < 4.78 is 7.70. The van der Waals surface area contributed by atoms with Crippen LogP contribution < -0.4 is 19.9 Å². The molecule has 41 heavy (non-hydrogen) atoms. The van der Waals surface area contributed by atoms with Crippen molar-refractivity contribution in [1.82, 2.24) is 14.9 Å². The first kappa shape index (κ1) is 27.6. The first-order chi connectivity index (χ1) is 19.8. The van der Waals surface area contributed by atoms with E-state index in [0.29, 0.717) is 16.9 Å². The van der Waals surface area contributed by atoms with E-state index in [1.807, 2.05) is 30.5 Å². The Labute approximate surface area is 252 Å². The molecule has 0 bridgehead atoms. The van der Waals surface area contributed by atoms with Gasteiger partial charge in [0.1, 0.15) is 11.8 Å². The number of hydrogen-bond donors (Lipinski definition) is 1. The van der Waals surface area contributed by atoms with E-state index in [1.54, 1.807) is 7.11 Å². The highest BCUT2D eigenvalue weighted by atomic mass is 35.5. The zero-order valence-electron chi connectivity index (χ0n) is 23.9. The first-order valence-electron chi connectivity index (χ1n) is 14.2. The standard InChI is InChI=1S/C33H36ClN5OS/c1-21-17-22(2)20-37(19-21)29-15-11-25(18-27(29)34)39-32(31(36-33(39)41)28-7-5-6-16-35-28)30-14-8-23(3)38(30)24-9-12-26(40-4)13-10-24/h5-16,18,21-22,31-32H,17,19-20H2,1-4H3,(H,36,41)/t21-,22+,31-,32+/m1/s1. The molecule has 0 saturated carbocycles. The third-order valence-corrected chi connectivity index (χ3v) is 8.87. The van der Waals surface area contributed by atoms with Crippen molar-refractivity contribution in [2.75, 3.05) is 30.0 Å². The second kappa shape index (κ2) is 11.4. The topological polar surface area (TPSA) is 45.6 Å². The molecule has 8 heteroatoms. The van der Waals surface area contributed by atoms with Crippen LogP contribution in [0.25, 0.3) is 5.69 Å². The van der Waals surface area contributed by atoms with Gasteiger partial charge in [-0.2, -0.15) is 0 Å². The van der Waals surface area contributed by atoms with Gasteiger partial charge in [0.2, 0.25) is 0 Å². The Bertz CT molecular complexity index is 1530. The molecule has 0 radical (unpaired) electrons. The molecular formula is C33H36ClN5OS. The fraction of sp³-hybridized carbons (Fsp3) is 0.333. The summed E-state index contributed by atoms with van der Waals surface area (Å²) in [7, 11) is 1.69. The maximum atomic E-state index is 7.03. The molecule has 2 aromatic carbocycles. The highest BCUT2D eigenvalue weighted by Crippen LogP contribution is 2.44. The van der Waals surface area contributed by atoms with Crippen molar-refractivity contribution in [3.63, 3.8) is 0 Å². The Kier molecular flexibility index (Phi) is 7.66. The molecule has 1 N–H and O–H groups in total. The summed E-state index contributed by atoms with van der Waals surface area (Å²) in [6.45, 7) is 8.81. The number of halogens is 1. The number of ether oxygens (including phenoxy) is 1. The molecular weight excluding hydrogens is 550 g/mol. The smallest absolute Gasteiger partial charge is 0.174 e. The van der Waals surface area contributed by atoms with Crippen LogP contribution in [-0.4, -0.2) is 34.9 Å². The number of anilines is 2. The molecule has 0 amide bonds. The normalized spacial score (nSPS) is 22.6. The summed E-state index contributed by atoms with van der Waals surface area (Å²) in [6.07, 6.45) is 3.09. The summed E-state index contributed by atoms with van der Waals surface area (Å²) in [5.74, 6) is 2.11. The van der Waals surface area contributed by atoms with Gasteiger partial charge >= 0.3 is 0 Å². The average Bonchev–Trinajstić information content (AvgIpc) is 3.52. The SMILES string of the molecule is COc1ccc(-n2c(C)ccc2[C@H]2[C@@H](c3ccccn3)NC(=S)N2c2ccc(N3C[C@H](C)C[C@H](C)C3)c(Cl)c2)cc1. The van der Waals surface area contributed by atoms with E-state index in [-0.39, 0.29) is 12.1 Å². The largest absolute Gasteiger partial charge is 0.497 e. The predicted molar refractivity (Wildman–Crippen MR) is 172 cm³/mol. The maximum absolute atomic E-state index is 7.03. The van der Waals surface area contributed by atoms with E-state index in [0.717, 1.165) is 58.0 Å². The van der Waals surface area contributed by atoms with Crippen LogP contribution >= 0.6 is 23.8 Å². The number of nitrogens with one attached hydrogen (secondary N) is 1. The Morgan fingerprint density at radius 1 is 0.951 bits per heavy atom. The number of methoxy groups -OCH3 is 1. The number of thiocarbonyl (C=S) groups is 1. The predicted octanol–water partition coefficient (Wildman–Crippen LogP) is 7.50. The average molecular weight is 586 g/mol. The Morgan fingerprint density at radius 2 is 1.68 bits per heavy atom. The highest BCUT2D eigenvalue weighted by molar-refractivity contribution is 7.80. The molecule has 4 heterocycles. The van der Waals surface area contributed by atoms with Crippen molar-refractivity contribution < 1.29 is 4.74 Å². The van der Waals surface area contributed by atoms with Crippen LogP contribution in [0.3, 0.4) is 0 Å². The fourth-order valence-electron chi connectivity index (χ4n) is 6.57. The van der Waals surface area contributed by atoms with Gasteiger partial charge in [0.15, 0.2) is 5.11 Å². The monoisotopic (exact) mass is 585 g/mol. The molecule has 0 aliphatic carbocycles. The summed E-state index contributed by atoms with van der Waals surface area (Å²) in [4.78, 5) is 9.35. The lowest BCUT2D eigenvalue weighted by atomic mass is 9.91. The Hall–Kier alpha value is -3.55. The van der Waals surface area contributed by atoms with Crippen molar-refractivity contribution in [1.29, 1.82) is 0 Å². The molecule has 6 rings (SSSR count). The number of pyridine rings is 1. The number of nitrogens with zero attached hydrogens (tertiary/aromatic N) is 4. The molecule has 0 spiro atoms. The Balaban J connectivity index is 1.44. The molecule has 6 nitrogen and oxygen atoms in total. The van der Waals surface area contributed by atoms with E-state index in [1.165, 1.54) is 6.42 Å². The minimum absolute atomic E-state index is 0.155. The first-order valence-corrected chi connectivity index (χ1v) is 15.0. The zero-order valence-corrected chi connectivity index (χ0v) is 25.5. The highest BCUT2D eigenvalue weighted by Gasteiger charge is 2.42. The van der Waals surface area contributed by atoms with Gasteiger partial charge in [-0.05, 0) is 104 Å². The van der Waals surface area contributed by atoms with E-state index < -0.39 is 0 Å². The number of hydrogen-bond acceptors (Lipinski definition) is 4. The lowest BCUT2D eigenvalue weighted by molar-refractivity contribution is 0.357. The van der Waals surface area contributed by atoms with Crippen LogP contribution in [0.15, 0.2) is 79.0 Å². The van der Waals surface area contributed by atoms with Crippen molar-refractivity contribution in [2.24, 2.45) is 11.8 Å². The van der Waals surface area contributed by atoms with Crippen molar-refractivity contribution in [3.05, 3.63) is 101 Å². The molecule has 2 saturated heterocycles. The van der Waals surface area contributed by atoms with Crippen LogP contribution in [0.4, 0.5) is 11.4 Å². The van der Waals surface area contributed by atoms with Gasteiger partial charge in [-0.15, -0.1) is 0 Å². The lowest BCUT2D eigenvalue weighted by Gasteiger charge is -2.37. The second-order valence-corrected chi connectivity index (χ2v) is 12.2. The quantitative estimate of drug-likeness (QED) is 0.236. The van der Waals surface area contributed by atoms with Gasteiger partial charge in [-0.1, -0.05) is 31.5 Å². The van der Waals surface area contributed by atoms with Crippen molar-refractivity contribution in [3.8, 4) is 11.4 Å². The molecule has 0 unspecified atom stereocenters. The minimum Gasteiger partial charge on any atom is -0.497 e. The van der Waals surface area contributed by atoms with E-state index in [9.17, 15) is 0 Å². The van der Waals surface area contributed by atoms with Crippen LogP contribution in [0.2, 0.25) is 5.02 Å². The van der Waals surface area contributed by atoms with E-state index in [2.05, 4.69) is 89.0 Å². The zero-order chi connectivity index (χ0) is 28.7. The van der Waals surface area contributed by atoms with Gasteiger partial charge in [0.25, 0.3) is 0 Å². The van der Waals surface area contributed by atoms with Crippen molar-refractivity contribution in [2.45, 2.75) is 39.3 Å². The van der Waals surface area contributed by atoms with Crippen molar-refractivity contribution >= 4 is 40.3 Å². The molecule has 2 aliphatic heterocycles. The van der Waals surface area contributed by atoms with Crippen LogP contribution in [0.5, 0.6) is 5.75 Å². The summed E-state index contributed by atoms with van der Waals surface area (Å²) >= 11 is 13.0. The third-order valence-electron chi connectivity index (χ3n) is 8.26. The van der Waals surface area contributed by atoms with E-state index >= 15 is 0 Å². The third kappa shape index (κ3) is 5.29. The van der Waals surface area contributed by atoms with Gasteiger partial charge in [0.05, 0.1) is 29.6 Å². The summed E-state index contributed by atoms with van der Waals surface area (Å²) in [6, 6.07) is 24.6. The van der Waals surface area contributed by atoms with E-state index in [4.69, 9.17) is 33.5 Å².